The van der Waals surface area contributed by atoms with Crippen LogP contribution < -0.4 is 5.56 Å². The Morgan fingerprint density at radius 1 is 1.42 bits per heavy atom. The second kappa shape index (κ2) is 4.45. The third kappa shape index (κ3) is 2.47. The van der Waals surface area contributed by atoms with Gasteiger partial charge in [0.15, 0.2) is 0 Å². The fourth-order valence-electron chi connectivity index (χ4n) is 1.58. The summed E-state index contributed by atoms with van der Waals surface area (Å²) in [6.07, 6.45) is -4.72. The summed E-state index contributed by atoms with van der Waals surface area (Å²) in [5.74, 6) is -1.29. The van der Waals surface area contributed by atoms with Crippen molar-refractivity contribution >= 4 is 17.1 Å². The SMILES string of the molecule is CCOC(=O)c1cc2c(C(F)(F)F)cc(=O)[nH]c2o1. The lowest BCUT2D eigenvalue weighted by Gasteiger charge is -2.05. The van der Waals surface area contributed by atoms with E-state index in [0.29, 0.717) is 6.07 Å². The van der Waals surface area contributed by atoms with Crippen molar-refractivity contribution in [3.8, 4) is 0 Å². The number of nitrogens with one attached hydrogen (secondary N) is 1. The summed E-state index contributed by atoms with van der Waals surface area (Å²) in [6.45, 7) is 1.60. The zero-order valence-corrected chi connectivity index (χ0v) is 9.63. The van der Waals surface area contributed by atoms with Crippen LogP contribution in [0.5, 0.6) is 0 Å². The Bertz CT molecular complexity index is 683. The van der Waals surface area contributed by atoms with E-state index in [9.17, 15) is 22.8 Å². The molecule has 0 aliphatic carbocycles. The maximum atomic E-state index is 12.7. The molecule has 0 amide bonds. The normalized spacial score (nSPS) is 11.8. The van der Waals surface area contributed by atoms with Crippen molar-refractivity contribution in [2.45, 2.75) is 13.1 Å². The van der Waals surface area contributed by atoms with E-state index in [2.05, 4.69) is 9.72 Å². The molecular weight excluding hydrogens is 267 g/mol. The quantitative estimate of drug-likeness (QED) is 0.854. The molecule has 102 valence electrons. The third-order valence-corrected chi connectivity index (χ3v) is 2.32. The fourth-order valence-corrected chi connectivity index (χ4v) is 1.58. The van der Waals surface area contributed by atoms with Crippen molar-refractivity contribution in [1.82, 2.24) is 4.98 Å². The Morgan fingerprint density at radius 3 is 2.68 bits per heavy atom. The van der Waals surface area contributed by atoms with E-state index in [0.717, 1.165) is 6.07 Å². The van der Waals surface area contributed by atoms with E-state index in [4.69, 9.17) is 4.42 Å². The van der Waals surface area contributed by atoms with Crippen LogP contribution in [-0.2, 0) is 10.9 Å². The van der Waals surface area contributed by atoms with Crippen LogP contribution >= 0.6 is 0 Å². The van der Waals surface area contributed by atoms with Gasteiger partial charge in [0.25, 0.3) is 5.56 Å². The molecule has 2 heterocycles. The molecule has 0 saturated heterocycles. The number of H-pyrrole nitrogens is 1. The Balaban J connectivity index is 2.65. The summed E-state index contributed by atoms with van der Waals surface area (Å²) in [4.78, 5) is 24.6. The second-order valence-electron chi connectivity index (χ2n) is 3.62. The number of ether oxygens (including phenoxy) is 1. The van der Waals surface area contributed by atoms with Crippen molar-refractivity contribution in [1.29, 1.82) is 0 Å². The number of hydrogen-bond acceptors (Lipinski definition) is 4. The minimum Gasteiger partial charge on any atom is -0.460 e. The maximum Gasteiger partial charge on any atom is 0.417 e. The van der Waals surface area contributed by atoms with Crippen LogP contribution in [0.4, 0.5) is 13.2 Å². The minimum atomic E-state index is -4.72. The van der Waals surface area contributed by atoms with Crippen molar-refractivity contribution in [2.24, 2.45) is 0 Å². The molecule has 2 aromatic rings. The van der Waals surface area contributed by atoms with E-state index >= 15 is 0 Å². The predicted octanol–water partition coefficient (Wildman–Crippen LogP) is 2.32. The summed E-state index contributed by atoms with van der Waals surface area (Å²) in [5, 5.41) is -0.393. The van der Waals surface area contributed by atoms with Gasteiger partial charge in [-0.15, -0.1) is 0 Å². The molecule has 0 spiro atoms. The van der Waals surface area contributed by atoms with Crippen LogP contribution in [-0.4, -0.2) is 17.6 Å². The monoisotopic (exact) mass is 275 g/mol. The molecule has 0 aliphatic heterocycles. The van der Waals surface area contributed by atoms with Crippen molar-refractivity contribution < 1.29 is 27.1 Å². The predicted molar refractivity (Wildman–Crippen MR) is 57.8 cm³/mol. The Kier molecular flexibility index (Phi) is 3.09. The zero-order valence-electron chi connectivity index (χ0n) is 9.63. The first-order chi connectivity index (χ1) is 8.82. The molecule has 0 unspecified atom stereocenters. The molecule has 5 nitrogen and oxygen atoms in total. The van der Waals surface area contributed by atoms with Crippen LogP contribution in [0.2, 0.25) is 0 Å². The smallest absolute Gasteiger partial charge is 0.417 e. The van der Waals surface area contributed by atoms with E-state index in [1.165, 1.54) is 0 Å². The molecule has 19 heavy (non-hydrogen) atoms. The molecule has 0 fully saturated rings. The summed E-state index contributed by atoms with van der Waals surface area (Å²) in [5.41, 5.74) is -2.54. The number of carbonyl (C=O) groups is 1. The fraction of sp³-hybridized carbons (Fsp3) is 0.273. The van der Waals surface area contributed by atoms with Gasteiger partial charge in [0.2, 0.25) is 11.5 Å². The first-order valence-corrected chi connectivity index (χ1v) is 5.24. The molecule has 0 bridgehead atoms. The van der Waals surface area contributed by atoms with E-state index in [1.54, 1.807) is 6.92 Å². The first kappa shape index (κ1) is 13.2. The molecule has 0 aliphatic rings. The molecular formula is C11H8F3NO4. The number of esters is 1. The van der Waals surface area contributed by atoms with Crippen LogP contribution in [0.3, 0.4) is 0 Å². The Hall–Kier alpha value is -2.25. The van der Waals surface area contributed by atoms with Crippen molar-refractivity contribution in [3.05, 3.63) is 33.8 Å². The number of halogens is 3. The van der Waals surface area contributed by atoms with Crippen LogP contribution in [0, 0.1) is 0 Å². The number of rotatable bonds is 2. The molecule has 2 rings (SSSR count). The number of carbonyl (C=O) groups excluding carboxylic acids is 1. The van der Waals surface area contributed by atoms with Gasteiger partial charge in [-0.3, -0.25) is 9.78 Å². The van der Waals surface area contributed by atoms with Gasteiger partial charge in [-0.25, -0.2) is 4.79 Å². The summed E-state index contributed by atoms with van der Waals surface area (Å²) >= 11 is 0. The third-order valence-electron chi connectivity index (χ3n) is 2.32. The number of hydrogen-bond donors (Lipinski definition) is 1. The lowest BCUT2D eigenvalue weighted by molar-refractivity contribution is -0.136. The molecule has 8 heteroatoms. The van der Waals surface area contributed by atoms with Gasteiger partial charge in [-0.2, -0.15) is 13.2 Å². The summed E-state index contributed by atoms with van der Waals surface area (Å²) in [7, 11) is 0. The number of furan rings is 1. The number of pyridine rings is 1. The number of alkyl halides is 3. The van der Waals surface area contributed by atoms with E-state index < -0.39 is 40.1 Å². The topological polar surface area (TPSA) is 72.3 Å². The highest BCUT2D eigenvalue weighted by Gasteiger charge is 2.34. The zero-order chi connectivity index (χ0) is 14.2. The lowest BCUT2D eigenvalue weighted by atomic mass is 10.2. The highest BCUT2D eigenvalue weighted by atomic mass is 19.4. The highest BCUT2D eigenvalue weighted by molar-refractivity contribution is 5.92. The summed E-state index contributed by atoms with van der Waals surface area (Å²) in [6, 6.07) is 1.30. The first-order valence-electron chi connectivity index (χ1n) is 5.24. The molecule has 2 aromatic heterocycles. The van der Waals surface area contributed by atoms with Gasteiger partial charge < -0.3 is 9.15 Å². The van der Waals surface area contributed by atoms with Crippen LogP contribution in [0.25, 0.3) is 11.1 Å². The average Bonchev–Trinajstić information content (AvgIpc) is 2.70. The largest absolute Gasteiger partial charge is 0.460 e. The summed E-state index contributed by atoms with van der Waals surface area (Å²) < 4.78 is 47.7. The molecule has 0 atom stereocenters. The number of aromatic amines is 1. The van der Waals surface area contributed by atoms with Gasteiger partial charge in [0, 0.05) is 12.1 Å². The van der Waals surface area contributed by atoms with Gasteiger partial charge in [-0.05, 0) is 6.92 Å². The molecule has 0 saturated carbocycles. The van der Waals surface area contributed by atoms with Crippen molar-refractivity contribution in [3.63, 3.8) is 0 Å². The van der Waals surface area contributed by atoms with Gasteiger partial charge >= 0.3 is 12.1 Å². The Morgan fingerprint density at radius 2 is 2.11 bits per heavy atom. The van der Waals surface area contributed by atoms with Gasteiger partial charge in [0.1, 0.15) is 0 Å². The van der Waals surface area contributed by atoms with E-state index in [-0.39, 0.29) is 6.61 Å². The van der Waals surface area contributed by atoms with E-state index in [1.807, 2.05) is 0 Å². The molecule has 0 radical (unpaired) electrons. The molecule has 0 aromatic carbocycles. The van der Waals surface area contributed by atoms with Crippen molar-refractivity contribution in [2.75, 3.05) is 6.61 Å². The van der Waals surface area contributed by atoms with Crippen LogP contribution in [0.1, 0.15) is 23.0 Å². The van der Waals surface area contributed by atoms with Gasteiger partial charge in [0.05, 0.1) is 17.6 Å². The van der Waals surface area contributed by atoms with Gasteiger partial charge in [-0.1, -0.05) is 0 Å². The average molecular weight is 275 g/mol. The number of aromatic nitrogens is 1. The lowest BCUT2D eigenvalue weighted by Crippen LogP contribution is -2.12. The van der Waals surface area contributed by atoms with Crippen LogP contribution in [0.15, 0.2) is 21.3 Å². The maximum absolute atomic E-state index is 12.7. The second-order valence-corrected chi connectivity index (χ2v) is 3.62. The number of fused-ring (bicyclic) bond motifs is 1. The standard InChI is InChI=1S/C11H8F3NO4/c1-2-18-10(17)7-3-5-6(11(12,13)14)4-8(16)15-9(5)19-7/h3-4H,2H2,1H3,(H,15,16). The molecule has 1 N–H and O–H groups in total. The minimum absolute atomic E-state index is 0.0541. The highest BCUT2D eigenvalue weighted by Crippen LogP contribution is 2.34. The Labute approximate surface area is 104 Å².